The molecule has 0 spiro atoms. The number of imide groups is 1. The molecule has 3 aliphatic rings. The molecule has 4 unspecified atom stereocenters. The van der Waals surface area contributed by atoms with Crippen LogP contribution in [0.25, 0.3) is 5.57 Å². The zero-order valence-electron chi connectivity index (χ0n) is 21.0. The van der Waals surface area contributed by atoms with Crippen molar-refractivity contribution in [2.24, 2.45) is 23.7 Å². The molecule has 2 amide bonds. The molecule has 2 bridgehead atoms. The minimum atomic E-state index is -0.628. The number of nitro groups is 1. The second-order valence-corrected chi connectivity index (χ2v) is 10.6. The lowest BCUT2D eigenvalue weighted by Crippen LogP contribution is -2.33. The van der Waals surface area contributed by atoms with E-state index >= 15 is 0 Å². The average molecular weight is 587 g/mol. The average Bonchev–Trinajstić information content (AvgIpc) is 3.58. The van der Waals surface area contributed by atoms with Gasteiger partial charge in [0, 0.05) is 22.4 Å². The van der Waals surface area contributed by atoms with E-state index in [4.69, 9.17) is 9.47 Å². The molecule has 6 rings (SSSR count). The molecule has 0 aromatic heterocycles. The highest BCUT2D eigenvalue weighted by Crippen LogP contribution is 2.59. The van der Waals surface area contributed by atoms with Crippen molar-refractivity contribution in [2.75, 3.05) is 19.1 Å². The zero-order valence-corrected chi connectivity index (χ0v) is 22.6. The number of hydrogen-bond donors (Lipinski definition) is 0. The first-order valence-corrected chi connectivity index (χ1v) is 13.2. The summed E-state index contributed by atoms with van der Waals surface area (Å²) >= 11 is 3.24. The largest absolute Gasteiger partial charge is 0.497 e. The number of carbonyl (C=O) groups excluding carboxylic acids is 2. The standard InChI is InChI=1S/C30H23BrN2O6/c1-38-19-8-3-16(4-9-19)25(17-5-10-20(39-2)11-6-17)26-21-12-13-22(26)28-27(21)29(34)32(30(28)35)23-14-7-18(31)15-24(23)33(36)37/h3-15,21-22,27-28H,1-2H3. The van der Waals surface area contributed by atoms with Crippen molar-refractivity contribution < 1.29 is 24.0 Å². The third kappa shape index (κ3) is 3.87. The first-order valence-electron chi connectivity index (χ1n) is 12.4. The predicted octanol–water partition coefficient (Wildman–Crippen LogP) is 5.80. The van der Waals surface area contributed by atoms with Crippen LogP contribution in [0.5, 0.6) is 11.5 Å². The van der Waals surface area contributed by atoms with E-state index in [1.54, 1.807) is 20.3 Å². The number of benzene rings is 3. The van der Waals surface area contributed by atoms with Crippen LogP contribution in [0.4, 0.5) is 11.4 Å². The van der Waals surface area contributed by atoms with E-state index in [-0.39, 0.29) is 23.2 Å². The van der Waals surface area contributed by atoms with Crippen LogP contribution in [0.1, 0.15) is 11.1 Å². The number of amides is 2. The van der Waals surface area contributed by atoms with E-state index in [1.165, 1.54) is 12.1 Å². The van der Waals surface area contributed by atoms with Crippen LogP contribution in [0.2, 0.25) is 0 Å². The molecule has 1 aliphatic heterocycles. The molecule has 1 saturated carbocycles. The molecule has 8 nitrogen and oxygen atoms in total. The highest BCUT2D eigenvalue weighted by molar-refractivity contribution is 9.10. The Bertz CT molecular complexity index is 1490. The Morgan fingerprint density at radius 2 is 1.31 bits per heavy atom. The van der Waals surface area contributed by atoms with Gasteiger partial charge in [0.15, 0.2) is 0 Å². The van der Waals surface area contributed by atoms with Gasteiger partial charge in [-0.2, -0.15) is 0 Å². The number of nitro benzene ring substituents is 1. The Kier molecular flexibility index (Phi) is 6.10. The lowest BCUT2D eigenvalue weighted by molar-refractivity contribution is -0.384. The second-order valence-electron chi connectivity index (χ2n) is 9.68. The Morgan fingerprint density at radius 1 is 0.821 bits per heavy atom. The molecule has 0 radical (unpaired) electrons. The molecule has 2 fully saturated rings. The summed E-state index contributed by atoms with van der Waals surface area (Å²) in [6, 6.07) is 19.8. The number of rotatable bonds is 6. The normalized spacial score (nSPS) is 22.8. The van der Waals surface area contributed by atoms with E-state index in [1.807, 2.05) is 60.7 Å². The zero-order chi connectivity index (χ0) is 27.4. The van der Waals surface area contributed by atoms with Gasteiger partial charge in [-0.3, -0.25) is 19.7 Å². The van der Waals surface area contributed by atoms with Crippen LogP contribution >= 0.6 is 15.9 Å². The van der Waals surface area contributed by atoms with E-state index in [0.717, 1.165) is 38.7 Å². The maximum atomic E-state index is 13.8. The number of methoxy groups -OCH3 is 2. The Hall–Kier alpha value is -4.24. The summed E-state index contributed by atoms with van der Waals surface area (Å²) in [5, 5.41) is 11.8. The van der Waals surface area contributed by atoms with Gasteiger partial charge in [-0.15, -0.1) is 0 Å². The summed E-state index contributed by atoms with van der Waals surface area (Å²) in [4.78, 5) is 39.9. The van der Waals surface area contributed by atoms with Gasteiger partial charge in [-0.05, 0) is 58.7 Å². The van der Waals surface area contributed by atoms with Gasteiger partial charge in [0.05, 0.1) is 31.0 Å². The minimum Gasteiger partial charge on any atom is -0.497 e. The molecule has 3 aromatic rings. The van der Waals surface area contributed by atoms with Crippen molar-refractivity contribution in [1.29, 1.82) is 0 Å². The van der Waals surface area contributed by atoms with Crippen molar-refractivity contribution in [3.8, 4) is 11.5 Å². The summed E-state index contributed by atoms with van der Waals surface area (Å²) in [7, 11) is 3.22. The molecule has 39 heavy (non-hydrogen) atoms. The molecular formula is C30H23BrN2O6. The van der Waals surface area contributed by atoms with Gasteiger partial charge < -0.3 is 9.47 Å². The number of nitrogens with zero attached hydrogens (tertiary/aromatic N) is 2. The van der Waals surface area contributed by atoms with Crippen LogP contribution in [0.3, 0.4) is 0 Å². The fourth-order valence-electron chi connectivity index (χ4n) is 6.18. The van der Waals surface area contributed by atoms with Crippen LogP contribution in [-0.2, 0) is 9.59 Å². The third-order valence-corrected chi connectivity index (χ3v) is 8.33. The maximum Gasteiger partial charge on any atom is 0.294 e. The molecule has 196 valence electrons. The van der Waals surface area contributed by atoms with Gasteiger partial charge in [0.25, 0.3) is 5.69 Å². The molecular weight excluding hydrogens is 564 g/mol. The highest BCUT2D eigenvalue weighted by Gasteiger charge is 2.63. The number of fused-ring (bicyclic) bond motifs is 5. The van der Waals surface area contributed by atoms with Crippen LogP contribution in [0.15, 0.2) is 88.9 Å². The van der Waals surface area contributed by atoms with Crippen LogP contribution in [0, 0.1) is 33.8 Å². The summed E-state index contributed by atoms with van der Waals surface area (Å²) in [6.45, 7) is 0. The molecule has 3 aromatic carbocycles. The molecule has 0 N–H and O–H groups in total. The van der Waals surface area contributed by atoms with E-state index < -0.39 is 28.6 Å². The van der Waals surface area contributed by atoms with Crippen molar-refractivity contribution in [2.45, 2.75) is 0 Å². The molecule has 1 saturated heterocycles. The van der Waals surface area contributed by atoms with Crippen molar-refractivity contribution in [1.82, 2.24) is 0 Å². The van der Waals surface area contributed by atoms with Gasteiger partial charge in [0.2, 0.25) is 11.8 Å². The third-order valence-electron chi connectivity index (χ3n) is 7.84. The number of halogens is 1. The number of hydrogen-bond acceptors (Lipinski definition) is 6. The molecule has 1 heterocycles. The summed E-state index contributed by atoms with van der Waals surface area (Å²) in [6.07, 6.45) is 4.00. The Labute approximate surface area is 232 Å². The molecule has 9 heteroatoms. The van der Waals surface area contributed by atoms with Crippen molar-refractivity contribution in [3.05, 3.63) is 110 Å². The van der Waals surface area contributed by atoms with Gasteiger partial charge >= 0.3 is 0 Å². The monoisotopic (exact) mass is 586 g/mol. The summed E-state index contributed by atoms with van der Waals surface area (Å²) < 4.78 is 11.2. The molecule has 2 aliphatic carbocycles. The highest BCUT2D eigenvalue weighted by atomic mass is 79.9. The number of anilines is 1. The smallest absolute Gasteiger partial charge is 0.294 e. The van der Waals surface area contributed by atoms with E-state index in [0.29, 0.717) is 4.47 Å². The van der Waals surface area contributed by atoms with Gasteiger partial charge in [-0.1, -0.05) is 52.3 Å². The van der Waals surface area contributed by atoms with Crippen LogP contribution < -0.4 is 14.4 Å². The summed E-state index contributed by atoms with van der Waals surface area (Å²) in [5.74, 6) is -1.25. The first kappa shape index (κ1) is 25.1. The number of carbonyl (C=O) groups is 2. The Morgan fingerprint density at radius 3 is 1.74 bits per heavy atom. The van der Waals surface area contributed by atoms with E-state index in [2.05, 4.69) is 15.9 Å². The second kappa shape index (κ2) is 9.50. The SMILES string of the molecule is COc1ccc(C(=C2C3C=CC2C2C(=O)N(c4ccc(Br)cc4[N+](=O)[O-])C(=O)C32)c2ccc(OC)cc2)cc1. The lowest BCUT2D eigenvalue weighted by Gasteiger charge is -2.22. The fraction of sp³-hybridized carbons (Fsp3) is 0.200. The quantitative estimate of drug-likeness (QED) is 0.157. The first-order chi connectivity index (χ1) is 18.8. The van der Waals surface area contributed by atoms with E-state index in [9.17, 15) is 19.7 Å². The topological polar surface area (TPSA) is 99.0 Å². The predicted molar refractivity (Wildman–Crippen MR) is 148 cm³/mol. The maximum absolute atomic E-state index is 13.8. The van der Waals surface area contributed by atoms with Gasteiger partial charge in [-0.25, -0.2) is 4.90 Å². The van der Waals surface area contributed by atoms with Gasteiger partial charge in [0.1, 0.15) is 17.2 Å². The Balaban J connectivity index is 1.47. The van der Waals surface area contributed by atoms with Crippen molar-refractivity contribution >= 4 is 44.7 Å². The minimum absolute atomic E-state index is 0.00284. The number of allylic oxidation sites excluding steroid dienone is 3. The van der Waals surface area contributed by atoms with Crippen molar-refractivity contribution in [3.63, 3.8) is 0 Å². The molecule has 4 atom stereocenters. The lowest BCUT2D eigenvalue weighted by atomic mass is 9.85. The number of ether oxygens (including phenoxy) is 2. The fourth-order valence-corrected chi connectivity index (χ4v) is 6.53. The summed E-state index contributed by atoms with van der Waals surface area (Å²) in [5.41, 5.74) is 3.55. The van der Waals surface area contributed by atoms with Crippen LogP contribution in [-0.4, -0.2) is 31.0 Å².